The molecule has 1 fully saturated rings. The standard InChI is InChI=1S/C12H23N3O/c1-15(2)9-8-14-12(10-13)7-5-4-6-11(12)16-3/h11,14H,4-9H2,1-3H3. The monoisotopic (exact) mass is 225 g/mol. The zero-order chi connectivity index (χ0) is 12.0. The first-order valence-electron chi connectivity index (χ1n) is 5.98. The van der Waals surface area contributed by atoms with Gasteiger partial charge in [-0.05, 0) is 26.9 Å². The van der Waals surface area contributed by atoms with Crippen LogP contribution in [0.4, 0.5) is 0 Å². The van der Waals surface area contributed by atoms with Gasteiger partial charge < -0.3 is 9.64 Å². The van der Waals surface area contributed by atoms with Crippen molar-refractivity contribution in [1.82, 2.24) is 10.2 Å². The normalized spacial score (nSPS) is 30.3. The van der Waals surface area contributed by atoms with Crippen LogP contribution in [0.2, 0.25) is 0 Å². The summed E-state index contributed by atoms with van der Waals surface area (Å²) < 4.78 is 5.46. The Balaban J connectivity index is 2.56. The van der Waals surface area contributed by atoms with Crippen LogP contribution in [-0.2, 0) is 4.74 Å². The SMILES string of the molecule is COC1CCCCC1(C#N)NCCN(C)C. The van der Waals surface area contributed by atoms with Gasteiger partial charge in [-0.2, -0.15) is 5.26 Å². The summed E-state index contributed by atoms with van der Waals surface area (Å²) >= 11 is 0. The number of methoxy groups -OCH3 is 1. The molecule has 0 amide bonds. The number of hydrogen-bond acceptors (Lipinski definition) is 4. The van der Waals surface area contributed by atoms with Crippen molar-refractivity contribution in [2.24, 2.45) is 0 Å². The van der Waals surface area contributed by atoms with Gasteiger partial charge in [0.05, 0.1) is 12.2 Å². The van der Waals surface area contributed by atoms with Crippen LogP contribution in [-0.4, -0.2) is 50.8 Å². The van der Waals surface area contributed by atoms with Crippen LogP contribution in [0.25, 0.3) is 0 Å². The van der Waals surface area contributed by atoms with Crippen LogP contribution >= 0.6 is 0 Å². The third kappa shape index (κ3) is 3.18. The molecule has 1 N–H and O–H groups in total. The van der Waals surface area contributed by atoms with E-state index in [4.69, 9.17) is 4.74 Å². The molecule has 92 valence electrons. The van der Waals surface area contributed by atoms with Gasteiger partial charge in [0.2, 0.25) is 0 Å². The molecular formula is C12H23N3O. The van der Waals surface area contributed by atoms with Crippen molar-refractivity contribution in [3.05, 3.63) is 0 Å². The Morgan fingerprint density at radius 3 is 2.81 bits per heavy atom. The first-order chi connectivity index (χ1) is 7.64. The molecule has 0 aromatic rings. The molecule has 0 bridgehead atoms. The van der Waals surface area contributed by atoms with Crippen molar-refractivity contribution < 1.29 is 4.74 Å². The molecule has 1 saturated carbocycles. The number of rotatable bonds is 5. The molecular weight excluding hydrogens is 202 g/mol. The van der Waals surface area contributed by atoms with E-state index in [2.05, 4.69) is 16.3 Å². The highest BCUT2D eigenvalue weighted by atomic mass is 16.5. The van der Waals surface area contributed by atoms with Gasteiger partial charge in [-0.25, -0.2) is 0 Å². The summed E-state index contributed by atoms with van der Waals surface area (Å²) in [6.45, 7) is 1.78. The van der Waals surface area contributed by atoms with E-state index in [1.165, 1.54) is 0 Å². The predicted molar refractivity (Wildman–Crippen MR) is 64.2 cm³/mol. The fourth-order valence-electron chi connectivity index (χ4n) is 2.33. The minimum atomic E-state index is -0.469. The average molecular weight is 225 g/mol. The Morgan fingerprint density at radius 1 is 1.50 bits per heavy atom. The topological polar surface area (TPSA) is 48.3 Å². The second-order valence-corrected chi connectivity index (χ2v) is 4.78. The lowest BCUT2D eigenvalue weighted by molar-refractivity contribution is 0.0125. The van der Waals surface area contributed by atoms with Crippen LogP contribution in [0.1, 0.15) is 25.7 Å². The summed E-state index contributed by atoms with van der Waals surface area (Å²) in [5, 5.41) is 12.8. The van der Waals surface area contributed by atoms with E-state index in [-0.39, 0.29) is 6.10 Å². The minimum Gasteiger partial charge on any atom is -0.378 e. The molecule has 4 heteroatoms. The highest BCUT2D eigenvalue weighted by Gasteiger charge is 2.40. The van der Waals surface area contributed by atoms with Crippen LogP contribution in [0.15, 0.2) is 0 Å². The average Bonchev–Trinajstić information content (AvgIpc) is 2.29. The number of likely N-dealkylation sites (N-methyl/N-ethyl adjacent to an activating group) is 1. The van der Waals surface area contributed by atoms with Gasteiger partial charge in [-0.15, -0.1) is 0 Å². The molecule has 16 heavy (non-hydrogen) atoms. The number of nitrogens with one attached hydrogen (secondary N) is 1. The van der Waals surface area contributed by atoms with Gasteiger partial charge in [0.1, 0.15) is 5.54 Å². The largest absolute Gasteiger partial charge is 0.378 e. The Morgan fingerprint density at radius 2 is 2.25 bits per heavy atom. The molecule has 2 unspecified atom stereocenters. The van der Waals surface area contributed by atoms with E-state index < -0.39 is 5.54 Å². The molecule has 0 aromatic heterocycles. The Labute approximate surface area is 98.6 Å². The molecule has 1 rings (SSSR count). The number of ether oxygens (including phenoxy) is 1. The second-order valence-electron chi connectivity index (χ2n) is 4.78. The lowest BCUT2D eigenvalue weighted by Crippen LogP contribution is -2.57. The van der Waals surface area contributed by atoms with Gasteiger partial charge in [-0.1, -0.05) is 12.8 Å². The van der Waals surface area contributed by atoms with Crippen LogP contribution in [0.3, 0.4) is 0 Å². The molecule has 0 saturated heterocycles. The van der Waals surface area contributed by atoms with Gasteiger partial charge in [0, 0.05) is 20.2 Å². The third-order valence-corrected chi connectivity index (χ3v) is 3.32. The van der Waals surface area contributed by atoms with Gasteiger partial charge in [-0.3, -0.25) is 5.32 Å². The fraction of sp³-hybridized carbons (Fsp3) is 0.917. The molecule has 0 aromatic carbocycles. The van der Waals surface area contributed by atoms with Crippen molar-refractivity contribution in [3.63, 3.8) is 0 Å². The van der Waals surface area contributed by atoms with Crippen LogP contribution < -0.4 is 5.32 Å². The van der Waals surface area contributed by atoms with Crippen LogP contribution in [0, 0.1) is 11.3 Å². The maximum atomic E-state index is 9.40. The highest BCUT2D eigenvalue weighted by molar-refractivity contribution is 5.13. The predicted octanol–water partition coefficient (Wildman–Crippen LogP) is 0.989. The van der Waals surface area contributed by atoms with E-state index in [0.29, 0.717) is 0 Å². The lowest BCUT2D eigenvalue weighted by Gasteiger charge is -2.38. The Bertz CT molecular complexity index is 249. The Hall–Kier alpha value is -0.630. The summed E-state index contributed by atoms with van der Waals surface area (Å²) in [4.78, 5) is 2.11. The zero-order valence-electron chi connectivity index (χ0n) is 10.6. The highest BCUT2D eigenvalue weighted by Crippen LogP contribution is 2.29. The quantitative estimate of drug-likeness (QED) is 0.758. The van der Waals surface area contributed by atoms with E-state index in [0.717, 1.165) is 38.8 Å². The first-order valence-corrected chi connectivity index (χ1v) is 5.98. The number of nitriles is 1. The fourth-order valence-corrected chi connectivity index (χ4v) is 2.33. The smallest absolute Gasteiger partial charge is 0.133 e. The number of hydrogen-bond donors (Lipinski definition) is 1. The molecule has 0 aliphatic heterocycles. The molecule has 1 aliphatic rings. The number of nitrogens with zero attached hydrogens (tertiary/aromatic N) is 2. The summed E-state index contributed by atoms with van der Waals surface area (Å²) in [6, 6.07) is 2.44. The summed E-state index contributed by atoms with van der Waals surface area (Å²) in [7, 11) is 5.78. The van der Waals surface area contributed by atoms with Gasteiger partial charge in [0.25, 0.3) is 0 Å². The van der Waals surface area contributed by atoms with Crippen molar-refractivity contribution in [2.45, 2.75) is 37.3 Å². The molecule has 0 radical (unpaired) electrons. The van der Waals surface area contributed by atoms with E-state index in [1.807, 2.05) is 14.1 Å². The lowest BCUT2D eigenvalue weighted by atomic mass is 9.80. The van der Waals surface area contributed by atoms with Crippen molar-refractivity contribution in [2.75, 3.05) is 34.3 Å². The molecule has 1 aliphatic carbocycles. The van der Waals surface area contributed by atoms with Crippen molar-refractivity contribution in [3.8, 4) is 6.07 Å². The molecule has 0 heterocycles. The zero-order valence-corrected chi connectivity index (χ0v) is 10.6. The maximum absolute atomic E-state index is 9.40. The van der Waals surface area contributed by atoms with Crippen molar-refractivity contribution >= 4 is 0 Å². The Kier molecular flexibility index (Phi) is 5.20. The van der Waals surface area contributed by atoms with Crippen LogP contribution in [0.5, 0.6) is 0 Å². The molecule has 2 atom stereocenters. The maximum Gasteiger partial charge on any atom is 0.133 e. The second kappa shape index (κ2) is 6.19. The summed E-state index contributed by atoms with van der Waals surface area (Å²) in [6.07, 6.45) is 4.20. The molecule has 0 spiro atoms. The van der Waals surface area contributed by atoms with Gasteiger partial charge >= 0.3 is 0 Å². The summed E-state index contributed by atoms with van der Waals surface area (Å²) in [5.74, 6) is 0. The third-order valence-electron chi connectivity index (χ3n) is 3.32. The summed E-state index contributed by atoms with van der Waals surface area (Å²) in [5.41, 5.74) is -0.469. The molecule has 4 nitrogen and oxygen atoms in total. The van der Waals surface area contributed by atoms with Gasteiger partial charge in [0.15, 0.2) is 0 Å². The minimum absolute atomic E-state index is 0.0356. The van der Waals surface area contributed by atoms with Crippen molar-refractivity contribution in [1.29, 1.82) is 5.26 Å². The first kappa shape index (κ1) is 13.4. The van der Waals surface area contributed by atoms with E-state index >= 15 is 0 Å². The van der Waals surface area contributed by atoms with E-state index in [9.17, 15) is 5.26 Å². The van der Waals surface area contributed by atoms with E-state index in [1.54, 1.807) is 7.11 Å².